The lowest BCUT2D eigenvalue weighted by Crippen LogP contribution is -2.47. The molecule has 5 nitrogen and oxygen atoms in total. The molecule has 8 heteroatoms. The van der Waals surface area contributed by atoms with E-state index in [1.807, 2.05) is 6.07 Å². The van der Waals surface area contributed by atoms with Gasteiger partial charge in [-0.1, -0.05) is 12.1 Å². The second-order valence-corrected chi connectivity index (χ2v) is 7.34. The average molecular weight is 391 g/mol. The van der Waals surface area contributed by atoms with E-state index in [1.54, 1.807) is 30.3 Å². The number of nitrogens with one attached hydrogen (secondary N) is 1. The Kier molecular flexibility index (Phi) is 4.53. The lowest BCUT2D eigenvalue weighted by Gasteiger charge is -2.23. The second kappa shape index (κ2) is 6.77. The van der Waals surface area contributed by atoms with E-state index in [2.05, 4.69) is 15.0 Å². The van der Waals surface area contributed by atoms with Crippen molar-refractivity contribution in [3.05, 3.63) is 48.3 Å². The highest BCUT2D eigenvalue weighted by Gasteiger charge is 2.50. The number of hydrogen-bond donors (Lipinski definition) is 1. The Morgan fingerprint density at radius 2 is 2.00 bits per heavy atom. The molecule has 0 bridgehead atoms. The third-order valence-electron chi connectivity index (χ3n) is 5.48. The van der Waals surface area contributed by atoms with Gasteiger partial charge in [0.25, 0.3) is 0 Å². The quantitative estimate of drug-likeness (QED) is 0.868. The van der Waals surface area contributed by atoms with E-state index >= 15 is 0 Å². The highest BCUT2D eigenvalue weighted by Crippen LogP contribution is 2.39. The van der Waals surface area contributed by atoms with Gasteiger partial charge >= 0.3 is 6.36 Å². The largest absolute Gasteiger partial charge is 0.573 e. The maximum absolute atomic E-state index is 12.5. The SMILES string of the molecule is CN1CC[C@]2(CCC(c3cc(-c4cccc(OC(F)(F)F)c4)ccn3)N2)C1=O. The van der Waals surface area contributed by atoms with Crippen LogP contribution < -0.4 is 10.1 Å². The van der Waals surface area contributed by atoms with Crippen LogP contribution in [0.2, 0.25) is 0 Å². The molecule has 148 valence electrons. The lowest BCUT2D eigenvalue weighted by atomic mass is 9.96. The number of pyridine rings is 1. The van der Waals surface area contributed by atoms with Gasteiger partial charge in [-0.2, -0.15) is 0 Å². The summed E-state index contributed by atoms with van der Waals surface area (Å²) in [7, 11) is 1.81. The molecule has 2 atom stereocenters. The number of likely N-dealkylation sites (N-methyl/N-ethyl adjacent to an activating group) is 1. The molecule has 2 aromatic rings. The maximum Gasteiger partial charge on any atom is 0.573 e. The first-order chi connectivity index (χ1) is 13.3. The number of hydrogen-bond acceptors (Lipinski definition) is 4. The summed E-state index contributed by atoms with van der Waals surface area (Å²) in [6.45, 7) is 0.734. The molecular formula is C20H20F3N3O2. The summed E-state index contributed by atoms with van der Waals surface area (Å²) < 4.78 is 41.4. The van der Waals surface area contributed by atoms with Crippen LogP contribution in [0.1, 0.15) is 31.0 Å². The number of carbonyl (C=O) groups excluding carboxylic acids is 1. The molecular weight excluding hydrogens is 371 g/mol. The molecule has 28 heavy (non-hydrogen) atoms. The lowest BCUT2D eigenvalue weighted by molar-refractivity contribution is -0.274. The molecule has 2 aliphatic rings. The highest BCUT2D eigenvalue weighted by atomic mass is 19.4. The fourth-order valence-electron chi connectivity index (χ4n) is 4.08. The van der Waals surface area contributed by atoms with Crippen molar-refractivity contribution in [1.82, 2.24) is 15.2 Å². The van der Waals surface area contributed by atoms with Gasteiger partial charge in [0, 0.05) is 19.8 Å². The summed E-state index contributed by atoms with van der Waals surface area (Å²) in [5.41, 5.74) is 1.61. The Hall–Kier alpha value is -2.61. The summed E-state index contributed by atoms with van der Waals surface area (Å²) in [4.78, 5) is 18.7. The molecule has 2 saturated heterocycles. The van der Waals surface area contributed by atoms with Crippen LogP contribution in [0.4, 0.5) is 13.2 Å². The average Bonchev–Trinajstić information content (AvgIpc) is 3.21. The van der Waals surface area contributed by atoms with Crippen molar-refractivity contribution in [2.24, 2.45) is 0 Å². The number of halogens is 3. The van der Waals surface area contributed by atoms with Crippen LogP contribution in [0.3, 0.4) is 0 Å². The molecule has 4 rings (SSSR count). The zero-order valence-corrected chi connectivity index (χ0v) is 15.3. The van der Waals surface area contributed by atoms with Crippen molar-refractivity contribution in [3.8, 4) is 16.9 Å². The van der Waals surface area contributed by atoms with E-state index in [0.717, 1.165) is 37.1 Å². The highest BCUT2D eigenvalue weighted by molar-refractivity contribution is 5.88. The summed E-state index contributed by atoms with van der Waals surface area (Å²) in [5, 5.41) is 3.46. The van der Waals surface area contributed by atoms with Crippen LogP contribution in [0, 0.1) is 0 Å². The number of carbonyl (C=O) groups is 1. The van der Waals surface area contributed by atoms with Crippen molar-refractivity contribution in [3.63, 3.8) is 0 Å². The van der Waals surface area contributed by atoms with Crippen LogP contribution >= 0.6 is 0 Å². The van der Waals surface area contributed by atoms with Gasteiger partial charge < -0.3 is 9.64 Å². The summed E-state index contributed by atoms with van der Waals surface area (Å²) in [6, 6.07) is 9.40. The Balaban J connectivity index is 1.56. The van der Waals surface area contributed by atoms with Gasteiger partial charge in [0.2, 0.25) is 5.91 Å². The standard InChI is InChI=1S/C20H20F3N3O2/c1-26-10-8-19(18(26)27)7-5-16(25-19)17-12-14(6-9-24-17)13-3-2-4-15(11-13)28-20(21,22)23/h2-4,6,9,11-12,16,25H,5,7-8,10H2,1H3/t16?,19-/m1/s1. The summed E-state index contributed by atoms with van der Waals surface area (Å²) in [6.07, 6.45) is -0.785. The van der Waals surface area contributed by atoms with E-state index in [4.69, 9.17) is 0 Å². The fraction of sp³-hybridized carbons (Fsp3) is 0.400. The predicted octanol–water partition coefficient (Wildman–Crippen LogP) is 3.67. The Labute approximate surface area is 160 Å². The normalized spacial score (nSPS) is 24.9. The Bertz CT molecular complexity index is 902. The third kappa shape index (κ3) is 3.56. The van der Waals surface area contributed by atoms with Gasteiger partial charge in [-0.15, -0.1) is 13.2 Å². The minimum atomic E-state index is -4.73. The number of alkyl halides is 3. The molecule has 1 spiro atoms. The second-order valence-electron chi connectivity index (χ2n) is 7.34. The third-order valence-corrected chi connectivity index (χ3v) is 5.48. The van der Waals surface area contributed by atoms with Gasteiger partial charge in [0.05, 0.1) is 11.7 Å². The van der Waals surface area contributed by atoms with E-state index in [1.165, 1.54) is 18.2 Å². The molecule has 1 amide bonds. The zero-order chi connectivity index (χ0) is 19.9. The van der Waals surface area contributed by atoms with Crippen molar-refractivity contribution < 1.29 is 22.7 Å². The van der Waals surface area contributed by atoms with E-state index in [0.29, 0.717) is 5.56 Å². The predicted molar refractivity (Wildman–Crippen MR) is 96.5 cm³/mol. The van der Waals surface area contributed by atoms with Crippen molar-refractivity contribution >= 4 is 5.91 Å². The van der Waals surface area contributed by atoms with Gasteiger partial charge in [0.15, 0.2) is 0 Å². The Morgan fingerprint density at radius 1 is 1.21 bits per heavy atom. The minimum absolute atomic E-state index is 0.0648. The molecule has 1 aromatic carbocycles. The first-order valence-corrected chi connectivity index (χ1v) is 9.11. The van der Waals surface area contributed by atoms with Crippen LogP contribution in [0.5, 0.6) is 5.75 Å². The first-order valence-electron chi connectivity index (χ1n) is 9.11. The fourth-order valence-corrected chi connectivity index (χ4v) is 4.08. The van der Waals surface area contributed by atoms with Crippen LogP contribution in [0.25, 0.3) is 11.1 Å². The summed E-state index contributed by atoms with van der Waals surface area (Å²) >= 11 is 0. The van der Waals surface area contributed by atoms with E-state index in [-0.39, 0.29) is 17.7 Å². The monoisotopic (exact) mass is 391 g/mol. The number of ether oxygens (including phenoxy) is 1. The molecule has 2 aliphatic heterocycles. The van der Waals surface area contributed by atoms with Gasteiger partial charge in [-0.3, -0.25) is 15.1 Å². The number of aromatic nitrogens is 1. The van der Waals surface area contributed by atoms with Crippen LogP contribution in [-0.4, -0.2) is 41.3 Å². The molecule has 2 fully saturated rings. The summed E-state index contributed by atoms with van der Waals surface area (Å²) in [5.74, 6) is -0.149. The molecule has 0 saturated carbocycles. The molecule has 1 aromatic heterocycles. The number of nitrogens with zero attached hydrogens (tertiary/aromatic N) is 2. The van der Waals surface area contributed by atoms with Crippen LogP contribution in [0.15, 0.2) is 42.6 Å². The number of benzene rings is 1. The molecule has 0 aliphatic carbocycles. The first kappa shape index (κ1) is 18.7. The number of rotatable bonds is 3. The van der Waals surface area contributed by atoms with E-state index < -0.39 is 11.9 Å². The van der Waals surface area contributed by atoms with Gasteiger partial charge in [-0.25, -0.2) is 0 Å². The smallest absolute Gasteiger partial charge is 0.406 e. The molecule has 1 unspecified atom stereocenters. The molecule has 3 heterocycles. The topological polar surface area (TPSA) is 54.5 Å². The Morgan fingerprint density at radius 3 is 2.71 bits per heavy atom. The van der Waals surface area contributed by atoms with Crippen LogP contribution in [-0.2, 0) is 4.79 Å². The van der Waals surface area contributed by atoms with Crippen molar-refractivity contribution in [1.29, 1.82) is 0 Å². The molecule has 1 N–H and O–H groups in total. The maximum atomic E-state index is 12.5. The van der Waals surface area contributed by atoms with E-state index in [9.17, 15) is 18.0 Å². The number of amides is 1. The van der Waals surface area contributed by atoms with Crippen molar-refractivity contribution in [2.45, 2.75) is 37.2 Å². The zero-order valence-electron chi connectivity index (χ0n) is 15.3. The minimum Gasteiger partial charge on any atom is -0.406 e. The van der Waals surface area contributed by atoms with Crippen molar-refractivity contribution in [2.75, 3.05) is 13.6 Å². The molecule has 0 radical (unpaired) electrons. The van der Waals surface area contributed by atoms with Gasteiger partial charge in [0.1, 0.15) is 11.3 Å². The van der Waals surface area contributed by atoms with Gasteiger partial charge in [-0.05, 0) is 54.7 Å². The number of likely N-dealkylation sites (tertiary alicyclic amines) is 1.